The standard InChI is InChI=1S/C19H34N2S/c1-3-5-14-21(15-6-4-2)16-12-20-13-17-22-18-19-10-8-7-9-11-19/h7-11,20H,3-6,12-18H2,1-2H3. The zero-order chi connectivity index (χ0) is 15.9. The van der Waals surface area contributed by atoms with Crippen molar-refractivity contribution in [2.24, 2.45) is 0 Å². The highest BCUT2D eigenvalue weighted by molar-refractivity contribution is 7.98. The van der Waals surface area contributed by atoms with Gasteiger partial charge in [0.15, 0.2) is 0 Å². The lowest BCUT2D eigenvalue weighted by Gasteiger charge is -2.22. The maximum Gasteiger partial charge on any atom is 0.0185 e. The Kier molecular flexibility index (Phi) is 12.5. The summed E-state index contributed by atoms with van der Waals surface area (Å²) in [5, 5.41) is 3.59. The normalized spacial score (nSPS) is 11.2. The predicted octanol–water partition coefficient (Wildman–Crippen LogP) is 4.41. The molecular formula is C19H34N2S. The van der Waals surface area contributed by atoms with Crippen LogP contribution < -0.4 is 5.32 Å². The molecule has 0 aliphatic rings. The fourth-order valence-electron chi connectivity index (χ4n) is 2.37. The Bertz CT molecular complexity index is 335. The number of nitrogens with one attached hydrogen (secondary N) is 1. The molecule has 126 valence electrons. The summed E-state index contributed by atoms with van der Waals surface area (Å²) in [6.45, 7) is 10.5. The summed E-state index contributed by atoms with van der Waals surface area (Å²) in [6.07, 6.45) is 5.26. The number of thioether (sulfide) groups is 1. The molecule has 0 heterocycles. The molecule has 0 fully saturated rings. The molecule has 0 amide bonds. The minimum Gasteiger partial charge on any atom is -0.315 e. The molecule has 0 saturated heterocycles. The van der Waals surface area contributed by atoms with E-state index in [1.54, 1.807) is 0 Å². The lowest BCUT2D eigenvalue weighted by molar-refractivity contribution is 0.265. The maximum absolute atomic E-state index is 3.59. The Balaban J connectivity index is 2.00. The average molecular weight is 323 g/mol. The Labute approximate surface area is 142 Å². The Morgan fingerprint density at radius 3 is 2.23 bits per heavy atom. The van der Waals surface area contributed by atoms with Crippen LogP contribution >= 0.6 is 11.8 Å². The number of benzene rings is 1. The first-order chi connectivity index (χ1) is 10.9. The molecule has 0 aliphatic heterocycles. The van der Waals surface area contributed by atoms with Crippen molar-refractivity contribution >= 4 is 11.8 Å². The van der Waals surface area contributed by atoms with Gasteiger partial charge in [-0.05, 0) is 31.5 Å². The minimum atomic E-state index is 1.12. The van der Waals surface area contributed by atoms with E-state index in [0.29, 0.717) is 0 Å². The van der Waals surface area contributed by atoms with Crippen LogP contribution in [0.25, 0.3) is 0 Å². The summed E-state index contributed by atoms with van der Waals surface area (Å²) in [5.41, 5.74) is 1.43. The van der Waals surface area contributed by atoms with Crippen molar-refractivity contribution < 1.29 is 0 Å². The van der Waals surface area contributed by atoms with Crippen LogP contribution in [0.2, 0.25) is 0 Å². The van der Waals surface area contributed by atoms with Crippen molar-refractivity contribution in [1.29, 1.82) is 0 Å². The fraction of sp³-hybridized carbons (Fsp3) is 0.684. The molecule has 1 N–H and O–H groups in total. The average Bonchev–Trinajstić information content (AvgIpc) is 2.56. The molecular weight excluding hydrogens is 288 g/mol. The van der Waals surface area contributed by atoms with Gasteiger partial charge < -0.3 is 10.2 Å². The number of unbranched alkanes of at least 4 members (excludes halogenated alkanes) is 2. The van der Waals surface area contributed by atoms with Gasteiger partial charge in [-0.1, -0.05) is 57.0 Å². The SMILES string of the molecule is CCCCN(CCCC)CCNCCSCc1ccccc1. The van der Waals surface area contributed by atoms with E-state index >= 15 is 0 Å². The summed E-state index contributed by atoms with van der Waals surface area (Å²) in [6, 6.07) is 10.7. The first-order valence-corrected chi connectivity index (χ1v) is 10.1. The second-order valence-electron chi connectivity index (χ2n) is 5.84. The lowest BCUT2D eigenvalue weighted by atomic mass is 10.2. The second-order valence-corrected chi connectivity index (χ2v) is 6.94. The molecule has 1 aromatic rings. The van der Waals surface area contributed by atoms with E-state index in [2.05, 4.69) is 54.4 Å². The van der Waals surface area contributed by atoms with Crippen LogP contribution in [0.1, 0.15) is 45.1 Å². The van der Waals surface area contributed by atoms with E-state index in [1.807, 2.05) is 11.8 Å². The minimum absolute atomic E-state index is 1.12. The van der Waals surface area contributed by atoms with E-state index in [9.17, 15) is 0 Å². The largest absolute Gasteiger partial charge is 0.315 e. The van der Waals surface area contributed by atoms with E-state index in [0.717, 1.165) is 18.8 Å². The van der Waals surface area contributed by atoms with Gasteiger partial charge in [-0.15, -0.1) is 0 Å². The van der Waals surface area contributed by atoms with Gasteiger partial charge in [0.2, 0.25) is 0 Å². The second kappa shape index (κ2) is 14.1. The van der Waals surface area contributed by atoms with Crippen molar-refractivity contribution in [3.8, 4) is 0 Å². The molecule has 1 aromatic carbocycles. The van der Waals surface area contributed by atoms with Gasteiger partial charge in [-0.3, -0.25) is 0 Å². The topological polar surface area (TPSA) is 15.3 Å². The first kappa shape index (κ1) is 19.5. The Hall–Kier alpha value is -0.510. The van der Waals surface area contributed by atoms with Gasteiger partial charge in [0.05, 0.1) is 0 Å². The van der Waals surface area contributed by atoms with E-state index < -0.39 is 0 Å². The predicted molar refractivity (Wildman–Crippen MR) is 102 cm³/mol. The molecule has 3 heteroatoms. The summed E-state index contributed by atoms with van der Waals surface area (Å²) in [7, 11) is 0. The maximum atomic E-state index is 3.59. The Morgan fingerprint density at radius 2 is 1.59 bits per heavy atom. The lowest BCUT2D eigenvalue weighted by Crippen LogP contribution is -2.34. The van der Waals surface area contributed by atoms with Gasteiger partial charge in [0, 0.05) is 31.1 Å². The fourth-order valence-corrected chi connectivity index (χ4v) is 3.23. The molecule has 0 aromatic heterocycles. The monoisotopic (exact) mass is 322 g/mol. The van der Waals surface area contributed by atoms with E-state index in [-0.39, 0.29) is 0 Å². The number of nitrogens with zero attached hydrogens (tertiary/aromatic N) is 1. The summed E-state index contributed by atoms with van der Waals surface area (Å²) >= 11 is 2.02. The summed E-state index contributed by atoms with van der Waals surface area (Å²) in [5.74, 6) is 2.32. The quantitative estimate of drug-likeness (QED) is 0.511. The molecule has 0 bridgehead atoms. The molecule has 0 aliphatic carbocycles. The molecule has 0 atom stereocenters. The van der Waals surface area contributed by atoms with Gasteiger partial charge >= 0.3 is 0 Å². The van der Waals surface area contributed by atoms with E-state index in [1.165, 1.54) is 56.6 Å². The molecule has 0 unspecified atom stereocenters. The van der Waals surface area contributed by atoms with Crippen LogP contribution in [0.15, 0.2) is 30.3 Å². The third-order valence-corrected chi connectivity index (χ3v) is 4.83. The van der Waals surface area contributed by atoms with Crippen LogP contribution in [-0.2, 0) is 5.75 Å². The molecule has 1 rings (SSSR count). The third kappa shape index (κ3) is 10.3. The zero-order valence-corrected chi connectivity index (χ0v) is 15.3. The van der Waals surface area contributed by atoms with Crippen LogP contribution in [0, 0.1) is 0 Å². The zero-order valence-electron chi connectivity index (χ0n) is 14.5. The Morgan fingerprint density at radius 1 is 0.909 bits per heavy atom. The van der Waals surface area contributed by atoms with Crippen molar-refractivity contribution in [3.63, 3.8) is 0 Å². The number of rotatable bonds is 14. The number of hydrogen-bond donors (Lipinski definition) is 1. The third-order valence-electron chi connectivity index (χ3n) is 3.80. The molecule has 0 saturated carbocycles. The highest BCUT2D eigenvalue weighted by Gasteiger charge is 2.03. The molecule has 2 nitrogen and oxygen atoms in total. The molecule has 0 radical (unpaired) electrons. The van der Waals surface area contributed by atoms with E-state index in [4.69, 9.17) is 0 Å². The molecule has 0 spiro atoms. The highest BCUT2D eigenvalue weighted by Crippen LogP contribution is 2.10. The number of hydrogen-bond acceptors (Lipinski definition) is 3. The van der Waals surface area contributed by atoms with Crippen LogP contribution in [0.4, 0.5) is 0 Å². The van der Waals surface area contributed by atoms with Crippen molar-refractivity contribution in [3.05, 3.63) is 35.9 Å². The van der Waals surface area contributed by atoms with Crippen LogP contribution in [0.5, 0.6) is 0 Å². The first-order valence-electron chi connectivity index (χ1n) is 8.91. The summed E-state index contributed by atoms with van der Waals surface area (Å²) in [4.78, 5) is 2.62. The summed E-state index contributed by atoms with van der Waals surface area (Å²) < 4.78 is 0. The smallest absolute Gasteiger partial charge is 0.0185 e. The van der Waals surface area contributed by atoms with Crippen molar-refractivity contribution in [1.82, 2.24) is 10.2 Å². The van der Waals surface area contributed by atoms with Crippen molar-refractivity contribution in [2.45, 2.75) is 45.3 Å². The van der Waals surface area contributed by atoms with Gasteiger partial charge in [0.1, 0.15) is 0 Å². The van der Waals surface area contributed by atoms with Gasteiger partial charge in [-0.25, -0.2) is 0 Å². The van der Waals surface area contributed by atoms with Crippen LogP contribution in [0.3, 0.4) is 0 Å². The van der Waals surface area contributed by atoms with Gasteiger partial charge in [-0.2, -0.15) is 11.8 Å². The van der Waals surface area contributed by atoms with Crippen LogP contribution in [-0.4, -0.2) is 43.4 Å². The highest BCUT2D eigenvalue weighted by atomic mass is 32.2. The molecule has 22 heavy (non-hydrogen) atoms. The van der Waals surface area contributed by atoms with Gasteiger partial charge in [0.25, 0.3) is 0 Å². The van der Waals surface area contributed by atoms with Crippen molar-refractivity contribution in [2.75, 3.05) is 38.5 Å².